The third kappa shape index (κ3) is 4.13. The maximum atomic E-state index is 13.3. The number of carbonyl (C=O) groups excluding carboxylic acids is 2. The second-order valence-corrected chi connectivity index (χ2v) is 8.90. The average molecular weight is 428 g/mol. The zero-order valence-electron chi connectivity index (χ0n) is 18.5. The zero-order chi connectivity index (χ0) is 22.1. The van der Waals surface area contributed by atoms with Crippen molar-refractivity contribution in [2.45, 2.75) is 19.4 Å². The standard InChI is InChI=1S/C27H29N3O2/c1-28(26(31)21-13-14-21)25-12-5-4-11-24(25)27(32)30-17-15-29(16-18-30)19-22-9-6-8-20-7-2-3-10-23(20)22/h2-12,21H,13-19H2,1H3. The largest absolute Gasteiger partial charge is 0.336 e. The molecule has 0 N–H and O–H groups in total. The van der Waals surface area contributed by atoms with Crippen LogP contribution in [0.1, 0.15) is 28.8 Å². The molecule has 0 spiro atoms. The van der Waals surface area contributed by atoms with Crippen molar-refractivity contribution < 1.29 is 9.59 Å². The molecular formula is C27H29N3O2. The van der Waals surface area contributed by atoms with Crippen molar-refractivity contribution in [3.05, 3.63) is 77.9 Å². The Hall–Kier alpha value is -3.18. The van der Waals surface area contributed by atoms with E-state index in [0.717, 1.165) is 32.5 Å². The molecule has 5 rings (SSSR count). The van der Waals surface area contributed by atoms with E-state index in [-0.39, 0.29) is 17.7 Å². The van der Waals surface area contributed by atoms with Crippen LogP contribution in [-0.2, 0) is 11.3 Å². The molecule has 0 unspecified atom stereocenters. The van der Waals surface area contributed by atoms with E-state index in [4.69, 9.17) is 0 Å². The van der Waals surface area contributed by atoms with Crippen molar-refractivity contribution in [3.63, 3.8) is 0 Å². The van der Waals surface area contributed by atoms with Crippen molar-refractivity contribution in [3.8, 4) is 0 Å². The van der Waals surface area contributed by atoms with Gasteiger partial charge in [0.1, 0.15) is 0 Å². The molecule has 2 amide bonds. The summed E-state index contributed by atoms with van der Waals surface area (Å²) in [5, 5.41) is 2.56. The Morgan fingerprint density at radius 2 is 1.56 bits per heavy atom. The summed E-state index contributed by atoms with van der Waals surface area (Å²) in [6.45, 7) is 3.96. The molecule has 3 aromatic carbocycles. The molecule has 1 aliphatic heterocycles. The van der Waals surface area contributed by atoms with Crippen LogP contribution in [0, 0.1) is 5.92 Å². The van der Waals surface area contributed by atoms with E-state index in [2.05, 4.69) is 47.4 Å². The Morgan fingerprint density at radius 1 is 0.875 bits per heavy atom. The first-order chi connectivity index (χ1) is 15.6. The fourth-order valence-corrected chi connectivity index (χ4v) is 4.62. The van der Waals surface area contributed by atoms with Crippen LogP contribution >= 0.6 is 0 Å². The minimum Gasteiger partial charge on any atom is -0.336 e. The van der Waals surface area contributed by atoms with E-state index >= 15 is 0 Å². The van der Waals surface area contributed by atoms with Crippen LogP contribution < -0.4 is 4.90 Å². The molecule has 0 aromatic heterocycles. The van der Waals surface area contributed by atoms with Crippen LogP contribution in [0.25, 0.3) is 10.8 Å². The summed E-state index contributed by atoms with van der Waals surface area (Å²) in [6.07, 6.45) is 1.91. The summed E-state index contributed by atoms with van der Waals surface area (Å²) in [5.41, 5.74) is 2.66. The van der Waals surface area contributed by atoms with Gasteiger partial charge in [0.15, 0.2) is 0 Å². The Labute approximate surface area is 189 Å². The van der Waals surface area contributed by atoms with E-state index in [1.165, 1.54) is 16.3 Å². The van der Waals surface area contributed by atoms with Gasteiger partial charge in [-0.25, -0.2) is 0 Å². The lowest BCUT2D eigenvalue weighted by Crippen LogP contribution is -2.48. The van der Waals surface area contributed by atoms with Crippen molar-refractivity contribution in [1.29, 1.82) is 0 Å². The van der Waals surface area contributed by atoms with E-state index < -0.39 is 0 Å². The van der Waals surface area contributed by atoms with Gasteiger partial charge in [-0.05, 0) is 41.3 Å². The van der Waals surface area contributed by atoms with Gasteiger partial charge < -0.3 is 9.80 Å². The van der Waals surface area contributed by atoms with Gasteiger partial charge in [-0.1, -0.05) is 54.6 Å². The summed E-state index contributed by atoms with van der Waals surface area (Å²) in [4.78, 5) is 31.9. The lowest BCUT2D eigenvalue weighted by atomic mass is 10.0. The van der Waals surface area contributed by atoms with Crippen molar-refractivity contribution in [1.82, 2.24) is 9.80 Å². The highest BCUT2D eigenvalue weighted by atomic mass is 16.2. The highest BCUT2D eigenvalue weighted by molar-refractivity contribution is 6.05. The Bertz CT molecular complexity index is 1140. The first-order valence-electron chi connectivity index (χ1n) is 11.5. The third-order valence-corrected chi connectivity index (χ3v) is 6.69. The lowest BCUT2D eigenvalue weighted by Gasteiger charge is -2.35. The molecule has 5 nitrogen and oxygen atoms in total. The second-order valence-electron chi connectivity index (χ2n) is 8.90. The highest BCUT2D eigenvalue weighted by Gasteiger charge is 2.34. The van der Waals surface area contributed by atoms with E-state index in [1.807, 2.05) is 29.2 Å². The average Bonchev–Trinajstić information content (AvgIpc) is 3.69. The number of rotatable bonds is 5. The van der Waals surface area contributed by atoms with Gasteiger partial charge in [0.25, 0.3) is 5.91 Å². The van der Waals surface area contributed by atoms with Gasteiger partial charge in [-0.2, -0.15) is 0 Å². The van der Waals surface area contributed by atoms with Crippen LogP contribution in [0.3, 0.4) is 0 Å². The van der Waals surface area contributed by atoms with E-state index in [9.17, 15) is 9.59 Å². The monoisotopic (exact) mass is 427 g/mol. The molecule has 0 atom stereocenters. The predicted molar refractivity (Wildman–Crippen MR) is 128 cm³/mol. The Kier molecular flexibility index (Phi) is 5.66. The minimum atomic E-state index is 0.0147. The zero-order valence-corrected chi connectivity index (χ0v) is 18.5. The highest BCUT2D eigenvalue weighted by Crippen LogP contribution is 2.33. The number of para-hydroxylation sites is 1. The van der Waals surface area contributed by atoms with Crippen LogP contribution in [0.2, 0.25) is 0 Å². The predicted octanol–water partition coefficient (Wildman–Crippen LogP) is 4.17. The summed E-state index contributed by atoms with van der Waals surface area (Å²) < 4.78 is 0. The normalized spacial score (nSPS) is 16.8. The van der Waals surface area contributed by atoms with Gasteiger partial charge >= 0.3 is 0 Å². The minimum absolute atomic E-state index is 0.0147. The summed E-state index contributed by atoms with van der Waals surface area (Å²) in [6, 6.07) is 22.5. The molecule has 1 saturated carbocycles. The molecule has 0 bridgehead atoms. The SMILES string of the molecule is CN(C(=O)C1CC1)c1ccccc1C(=O)N1CCN(Cc2cccc3ccccc23)CC1. The fourth-order valence-electron chi connectivity index (χ4n) is 4.62. The molecule has 32 heavy (non-hydrogen) atoms. The molecule has 1 saturated heterocycles. The van der Waals surface area contributed by atoms with Gasteiger partial charge in [-0.3, -0.25) is 14.5 Å². The number of carbonyl (C=O) groups is 2. The quantitative estimate of drug-likeness (QED) is 0.614. The number of piperazine rings is 1. The number of fused-ring (bicyclic) bond motifs is 1. The van der Waals surface area contributed by atoms with Gasteiger partial charge in [0.05, 0.1) is 11.3 Å². The third-order valence-electron chi connectivity index (χ3n) is 6.69. The van der Waals surface area contributed by atoms with Gasteiger partial charge in [-0.15, -0.1) is 0 Å². The Balaban J connectivity index is 1.26. The maximum Gasteiger partial charge on any atom is 0.256 e. The van der Waals surface area contributed by atoms with E-state index in [1.54, 1.807) is 11.9 Å². The van der Waals surface area contributed by atoms with Crippen LogP contribution in [0.15, 0.2) is 66.7 Å². The van der Waals surface area contributed by atoms with Crippen molar-refractivity contribution in [2.24, 2.45) is 5.92 Å². The first kappa shape index (κ1) is 20.7. The second kappa shape index (κ2) is 8.75. The molecule has 1 aliphatic carbocycles. The number of hydrogen-bond acceptors (Lipinski definition) is 3. The van der Waals surface area contributed by atoms with Gasteiger partial charge in [0, 0.05) is 45.7 Å². The van der Waals surface area contributed by atoms with Gasteiger partial charge in [0.2, 0.25) is 5.91 Å². The topological polar surface area (TPSA) is 43.9 Å². The first-order valence-corrected chi connectivity index (χ1v) is 11.5. The maximum absolute atomic E-state index is 13.3. The molecule has 2 aliphatic rings. The smallest absolute Gasteiger partial charge is 0.256 e. The number of amides is 2. The summed E-state index contributed by atoms with van der Waals surface area (Å²) >= 11 is 0. The number of benzene rings is 3. The molecule has 2 fully saturated rings. The molecule has 5 heteroatoms. The van der Waals surface area contributed by atoms with Crippen LogP contribution in [0.4, 0.5) is 5.69 Å². The molecule has 0 radical (unpaired) electrons. The van der Waals surface area contributed by atoms with E-state index in [0.29, 0.717) is 24.3 Å². The number of hydrogen-bond donors (Lipinski definition) is 0. The lowest BCUT2D eigenvalue weighted by molar-refractivity contribution is -0.119. The number of anilines is 1. The van der Waals surface area contributed by atoms with Crippen LogP contribution in [0.5, 0.6) is 0 Å². The van der Waals surface area contributed by atoms with Crippen molar-refractivity contribution >= 4 is 28.3 Å². The van der Waals surface area contributed by atoms with Crippen LogP contribution in [-0.4, -0.2) is 54.8 Å². The fraction of sp³-hybridized carbons (Fsp3) is 0.333. The molecule has 3 aromatic rings. The van der Waals surface area contributed by atoms with Crippen molar-refractivity contribution in [2.75, 3.05) is 38.1 Å². The molecule has 1 heterocycles. The summed E-state index contributed by atoms with van der Waals surface area (Å²) in [7, 11) is 1.79. The molecule has 164 valence electrons. The summed E-state index contributed by atoms with van der Waals surface area (Å²) in [5.74, 6) is 0.256. The molecular weight excluding hydrogens is 398 g/mol. The Morgan fingerprint density at radius 3 is 2.34 bits per heavy atom. The number of nitrogens with zero attached hydrogens (tertiary/aromatic N) is 3.